The number of aliphatic hydroxyl groups excluding tert-OH is 2. The van der Waals surface area contributed by atoms with Crippen molar-refractivity contribution in [2.24, 2.45) is 23.5 Å². The Morgan fingerprint density at radius 3 is 2.27 bits per heavy atom. The number of Topliss-reactive ketones (excluding diaryl/α,β-unsaturated/α-hetero) is 2. The van der Waals surface area contributed by atoms with Crippen LogP contribution in [-0.2, 0) is 22.6 Å². The van der Waals surface area contributed by atoms with Crippen molar-refractivity contribution < 1.29 is 34.8 Å². The molecule has 0 bridgehead atoms. The van der Waals surface area contributed by atoms with Crippen LogP contribution in [-0.4, -0.2) is 99.6 Å². The summed E-state index contributed by atoms with van der Waals surface area (Å²) in [4.78, 5) is 46.0. The molecule has 0 spiro atoms. The predicted octanol–water partition coefficient (Wildman–Crippen LogP) is 2.34. The van der Waals surface area contributed by atoms with Crippen LogP contribution < -0.4 is 10.6 Å². The number of ketones is 2. The maximum absolute atomic E-state index is 14.2. The largest absolute Gasteiger partial charge is 0.510 e. The van der Waals surface area contributed by atoms with Gasteiger partial charge < -0.3 is 31.1 Å². The number of carbonyl (C=O) groups excluding carboxylic acids is 3. The fourth-order valence-corrected chi connectivity index (χ4v) is 8.35. The van der Waals surface area contributed by atoms with Gasteiger partial charge in [-0.2, -0.15) is 0 Å². The lowest BCUT2D eigenvalue weighted by molar-refractivity contribution is -0.148. The average Bonchev–Trinajstić information content (AvgIpc) is 3.72. The van der Waals surface area contributed by atoms with Crippen LogP contribution in [0.15, 0.2) is 28.7 Å². The number of primary amides is 1. The molecule has 44 heavy (non-hydrogen) atoms. The maximum Gasteiger partial charge on any atom is 0.255 e. The number of amides is 1. The van der Waals surface area contributed by atoms with E-state index in [1.807, 2.05) is 19.0 Å². The first kappa shape index (κ1) is 30.6. The van der Waals surface area contributed by atoms with Crippen molar-refractivity contribution >= 4 is 23.2 Å². The first-order chi connectivity index (χ1) is 20.6. The summed E-state index contributed by atoms with van der Waals surface area (Å²) >= 11 is 0. The predicted molar refractivity (Wildman–Crippen MR) is 163 cm³/mol. The number of likely N-dealkylation sites (N-methyl/N-ethyl adjacent to an activating group) is 1. The molecule has 1 aromatic rings. The van der Waals surface area contributed by atoms with Gasteiger partial charge in [-0.15, -0.1) is 0 Å². The Balaban J connectivity index is 1.47. The Bertz CT molecular complexity index is 1520. The summed E-state index contributed by atoms with van der Waals surface area (Å²) in [6.45, 7) is 3.93. The number of hydrogen-bond donors (Lipinski definition) is 5. The molecule has 0 saturated heterocycles. The fraction of sp³-hybridized carbons (Fsp3) is 0.606. The summed E-state index contributed by atoms with van der Waals surface area (Å²) < 4.78 is 0. The van der Waals surface area contributed by atoms with Gasteiger partial charge >= 0.3 is 0 Å². The SMILES string of the molecule is CN(C)c1c(CN(CC2CC2)C2(C)CCC2)cc(O)c2c1C[C@H]1C[C@H]3[C@H](N(C)C)C(O)=C(C(N)=O)C(=O)[C@@]3(O)C(O)=C1C2=O. The van der Waals surface area contributed by atoms with E-state index in [0.29, 0.717) is 18.0 Å². The molecule has 11 nitrogen and oxygen atoms in total. The molecular formula is C33H44N4O7. The highest BCUT2D eigenvalue weighted by Gasteiger charge is 2.63. The third kappa shape index (κ3) is 4.38. The van der Waals surface area contributed by atoms with Gasteiger partial charge in [0.2, 0.25) is 5.78 Å². The first-order valence-electron chi connectivity index (χ1n) is 15.6. The second kappa shape index (κ2) is 10.3. The van der Waals surface area contributed by atoms with E-state index in [4.69, 9.17) is 5.73 Å². The van der Waals surface area contributed by atoms with Gasteiger partial charge in [0.05, 0.1) is 11.6 Å². The first-order valence-corrected chi connectivity index (χ1v) is 15.6. The van der Waals surface area contributed by atoms with E-state index in [9.17, 15) is 34.8 Å². The number of aromatic hydroxyl groups is 1. The molecular weight excluding hydrogens is 564 g/mol. The van der Waals surface area contributed by atoms with Crippen LogP contribution in [0.3, 0.4) is 0 Å². The van der Waals surface area contributed by atoms with E-state index in [1.165, 1.54) is 19.3 Å². The van der Waals surface area contributed by atoms with Crippen molar-refractivity contribution in [3.05, 3.63) is 45.4 Å². The Morgan fingerprint density at radius 1 is 1.09 bits per heavy atom. The molecule has 1 amide bonds. The molecule has 2 saturated carbocycles. The molecule has 0 aliphatic heterocycles. The molecule has 6 rings (SSSR count). The monoisotopic (exact) mass is 608 g/mol. The van der Waals surface area contributed by atoms with Gasteiger partial charge in [0.15, 0.2) is 11.4 Å². The van der Waals surface area contributed by atoms with Crippen molar-refractivity contribution in [3.8, 4) is 5.75 Å². The number of aliphatic hydroxyl groups is 3. The summed E-state index contributed by atoms with van der Waals surface area (Å²) in [6, 6.07) is 0.624. The molecule has 2 fully saturated rings. The molecule has 0 radical (unpaired) electrons. The Hall–Kier alpha value is -3.41. The number of anilines is 1. The number of phenolic OH excluding ortho intramolecular Hbond substituents is 1. The Labute approximate surface area is 257 Å². The zero-order valence-electron chi connectivity index (χ0n) is 26.2. The van der Waals surface area contributed by atoms with Gasteiger partial charge in [0.25, 0.3) is 5.91 Å². The zero-order chi connectivity index (χ0) is 32.0. The Morgan fingerprint density at radius 2 is 1.75 bits per heavy atom. The van der Waals surface area contributed by atoms with E-state index >= 15 is 0 Å². The minimum Gasteiger partial charge on any atom is -0.510 e. The molecule has 4 atom stereocenters. The van der Waals surface area contributed by atoms with E-state index in [2.05, 4.69) is 11.8 Å². The normalized spacial score (nSPS) is 29.4. The number of carbonyl (C=O) groups is 3. The van der Waals surface area contributed by atoms with Gasteiger partial charge in [-0.05, 0) is 95.0 Å². The molecule has 0 unspecified atom stereocenters. The number of phenols is 1. The van der Waals surface area contributed by atoms with Crippen LogP contribution in [0.2, 0.25) is 0 Å². The second-order valence-electron chi connectivity index (χ2n) is 14.3. The summed E-state index contributed by atoms with van der Waals surface area (Å²) in [5.41, 5.74) is 4.39. The number of hydrogen-bond acceptors (Lipinski definition) is 10. The standard InChI is InChI=1S/C33H44N4O7/c1-32(9-6-10-32)37(14-16-7-8-16)15-18-13-21(38)23-19(25(18)35(2)3)11-17-12-20-26(36(4)5)28(40)24(31(34)43)30(42)33(20,44)29(41)22(17)27(23)39/h13,16-17,20,26,38,40-41,44H,6-12,14-15H2,1-5H3,(H2,34,43)/t17-,20-,26-,33-/m0/s1. The molecule has 0 aromatic heterocycles. The topological polar surface area (TPSA) is 168 Å². The van der Waals surface area contributed by atoms with Crippen LogP contribution in [0.1, 0.15) is 66.9 Å². The lowest BCUT2D eigenvalue weighted by Gasteiger charge is -2.50. The molecule has 1 aromatic carbocycles. The Kier molecular flexibility index (Phi) is 7.18. The van der Waals surface area contributed by atoms with Crippen LogP contribution >= 0.6 is 0 Å². The summed E-state index contributed by atoms with van der Waals surface area (Å²) in [5, 5.41) is 45.8. The van der Waals surface area contributed by atoms with Crippen molar-refractivity contribution in [3.63, 3.8) is 0 Å². The highest BCUT2D eigenvalue weighted by Crippen LogP contribution is 2.54. The van der Waals surface area contributed by atoms with Crippen LogP contribution in [0.4, 0.5) is 5.69 Å². The molecule has 5 aliphatic rings. The van der Waals surface area contributed by atoms with E-state index in [1.54, 1.807) is 25.1 Å². The second-order valence-corrected chi connectivity index (χ2v) is 14.3. The van der Waals surface area contributed by atoms with Gasteiger partial charge in [-0.1, -0.05) is 0 Å². The molecule has 6 N–H and O–H groups in total. The van der Waals surface area contributed by atoms with E-state index in [-0.39, 0.29) is 35.3 Å². The van der Waals surface area contributed by atoms with E-state index < -0.39 is 58.0 Å². The number of fused-ring (bicyclic) bond motifs is 3. The lowest BCUT2D eigenvalue weighted by atomic mass is 9.58. The number of allylic oxidation sites excluding steroid dienone is 1. The molecule has 0 heterocycles. The van der Waals surface area contributed by atoms with E-state index in [0.717, 1.165) is 30.6 Å². The van der Waals surface area contributed by atoms with Gasteiger partial charge in [0.1, 0.15) is 22.8 Å². The lowest BCUT2D eigenvalue weighted by Crippen LogP contribution is -2.63. The van der Waals surface area contributed by atoms with Crippen molar-refractivity contribution in [2.75, 3.05) is 39.6 Å². The van der Waals surface area contributed by atoms with Crippen LogP contribution in [0, 0.1) is 17.8 Å². The zero-order valence-corrected chi connectivity index (χ0v) is 26.2. The molecule has 5 aliphatic carbocycles. The van der Waals surface area contributed by atoms with Gasteiger partial charge in [0, 0.05) is 49.9 Å². The molecule has 238 valence electrons. The van der Waals surface area contributed by atoms with Crippen LogP contribution in [0.25, 0.3) is 0 Å². The number of nitrogens with two attached hydrogens (primary N) is 1. The summed E-state index contributed by atoms with van der Waals surface area (Å²) in [6.07, 6.45) is 6.23. The number of benzene rings is 1. The molecule has 11 heteroatoms. The fourth-order valence-electron chi connectivity index (χ4n) is 8.35. The minimum atomic E-state index is -2.65. The smallest absolute Gasteiger partial charge is 0.255 e. The number of rotatable bonds is 8. The third-order valence-electron chi connectivity index (χ3n) is 11.0. The summed E-state index contributed by atoms with van der Waals surface area (Å²) in [5.74, 6) is -5.75. The van der Waals surface area contributed by atoms with Crippen molar-refractivity contribution in [2.45, 2.75) is 75.6 Å². The number of nitrogens with zero attached hydrogens (tertiary/aromatic N) is 3. The van der Waals surface area contributed by atoms with Gasteiger partial charge in [-0.25, -0.2) is 0 Å². The third-order valence-corrected chi connectivity index (χ3v) is 11.0. The maximum atomic E-state index is 14.2. The van der Waals surface area contributed by atoms with Gasteiger partial charge in [-0.3, -0.25) is 24.2 Å². The average molecular weight is 609 g/mol. The van der Waals surface area contributed by atoms with Crippen molar-refractivity contribution in [1.29, 1.82) is 0 Å². The quantitative estimate of drug-likeness (QED) is 0.276. The highest BCUT2D eigenvalue weighted by molar-refractivity contribution is 6.24. The van der Waals surface area contributed by atoms with Crippen LogP contribution in [0.5, 0.6) is 5.75 Å². The highest BCUT2D eigenvalue weighted by atomic mass is 16.3. The summed E-state index contributed by atoms with van der Waals surface area (Å²) in [7, 11) is 7.07. The minimum absolute atomic E-state index is 0.0434. The van der Waals surface area contributed by atoms with Crippen molar-refractivity contribution in [1.82, 2.24) is 9.80 Å².